The first-order chi connectivity index (χ1) is 10.9. The molecule has 122 valence electrons. The van der Waals surface area contributed by atoms with E-state index in [-0.39, 0.29) is 4.90 Å². The number of rotatable bonds is 6. The van der Waals surface area contributed by atoms with Crippen molar-refractivity contribution >= 4 is 32.2 Å². The summed E-state index contributed by atoms with van der Waals surface area (Å²) in [6.07, 6.45) is 1.36. The summed E-state index contributed by atoms with van der Waals surface area (Å²) in [5, 5.41) is 3.71. The number of hydrogen-bond donors (Lipinski definition) is 1. The molecule has 0 aliphatic rings. The van der Waals surface area contributed by atoms with Crippen LogP contribution >= 0.6 is 15.9 Å². The molecule has 0 amide bonds. The van der Waals surface area contributed by atoms with E-state index in [2.05, 4.69) is 25.9 Å². The highest BCUT2D eigenvalue weighted by Crippen LogP contribution is 2.25. The third kappa shape index (κ3) is 4.77. The normalized spacial score (nSPS) is 11.6. The highest BCUT2D eigenvalue weighted by Gasteiger charge is 2.12. The topological polar surface area (TPSA) is 67.8 Å². The Morgan fingerprint density at radius 1 is 1.26 bits per heavy atom. The Labute approximate surface area is 142 Å². The third-order valence-corrected chi connectivity index (χ3v) is 4.62. The minimum atomic E-state index is -3.83. The fraction of sp³-hybridized carbons (Fsp3) is 0.133. The zero-order valence-electron chi connectivity index (χ0n) is 12.2. The van der Waals surface area contributed by atoms with E-state index in [1.54, 1.807) is 18.2 Å². The van der Waals surface area contributed by atoms with Gasteiger partial charge < -0.3 is 4.74 Å². The van der Waals surface area contributed by atoms with Gasteiger partial charge in [0.15, 0.2) is 0 Å². The molecule has 0 unspecified atom stereocenters. The number of halogens is 2. The molecule has 8 heteroatoms. The molecule has 0 bridgehead atoms. The Morgan fingerprint density at radius 3 is 2.57 bits per heavy atom. The van der Waals surface area contributed by atoms with Crippen LogP contribution in [0, 0.1) is 5.82 Å². The summed E-state index contributed by atoms with van der Waals surface area (Å²) in [6, 6.07) is 9.72. The van der Waals surface area contributed by atoms with E-state index in [9.17, 15) is 12.8 Å². The Kier molecular flexibility index (Phi) is 5.73. The fourth-order valence-corrected chi connectivity index (χ4v) is 3.01. The number of hydrogen-bond acceptors (Lipinski definition) is 4. The number of nitrogens with zero attached hydrogens (tertiary/aromatic N) is 1. The molecular formula is C15H14BrFN2O3S. The monoisotopic (exact) mass is 400 g/mol. The van der Waals surface area contributed by atoms with Gasteiger partial charge in [-0.25, -0.2) is 9.22 Å². The average Bonchev–Trinajstić information content (AvgIpc) is 2.50. The Bertz CT molecular complexity index is 808. The molecule has 0 aliphatic heterocycles. The van der Waals surface area contributed by atoms with Crippen molar-refractivity contribution in [2.75, 3.05) is 6.61 Å². The zero-order valence-corrected chi connectivity index (χ0v) is 14.6. The van der Waals surface area contributed by atoms with Crippen LogP contribution in [0.2, 0.25) is 0 Å². The molecule has 0 spiro atoms. The number of nitrogens with one attached hydrogen (secondary N) is 1. The van der Waals surface area contributed by atoms with E-state index in [0.29, 0.717) is 17.9 Å². The molecular weight excluding hydrogens is 387 g/mol. The molecule has 2 rings (SSSR count). The highest BCUT2D eigenvalue weighted by molar-refractivity contribution is 9.10. The van der Waals surface area contributed by atoms with Gasteiger partial charge in [0, 0.05) is 0 Å². The standard InChI is InChI=1S/C15H14BrFN2O3S/c1-2-22-15-8-3-11(9-14(15)16)10-18-19-23(20,21)13-6-4-12(17)5-7-13/h3-10,19H,2H2,1H3/b18-10+. The van der Waals surface area contributed by atoms with E-state index >= 15 is 0 Å². The lowest BCUT2D eigenvalue weighted by Gasteiger charge is -2.06. The third-order valence-electron chi connectivity index (χ3n) is 2.77. The molecule has 0 aromatic heterocycles. The van der Waals surface area contributed by atoms with Crippen LogP contribution in [0.1, 0.15) is 12.5 Å². The second kappa shape index (κ2) is 7.56. The molecule has 0 radical (unpaired) electrons. The quantitative estimate of drug-likeness (QED) is 0.597. The number of sulfonamides is 1. The van der Waals surface area contributed by atoms with Crippen molar-refractivity contribution in [1.82, 2.24) is 4.83 Å². The fourth-order valence-electron chi connectivity index (χ4n) is 1.71. The van der Waals surface area contributed by atoms with Crippen LogP contribution in [0.5, 0.6) is 5.75 Å². The van der Waals surface area contributed by atoms with Gasteiger partial charge in [-0.15, -0.1) is 0 Å². The lowest BCUT2D eigenvalue weighted by molar-refractivity contribution is 0.338. The summed E-state index contributed by atoms with van der Waals surface area (Å²) in [5.74, 6) is 0.184. The van der Waals surface area contributed by atoms with Crippen molar-refractivity contribution in [3.8, 4) is 5.75 Å². The van der Waals surface area contributed by atoms with Crippen LogP contribution in [0.3, 0.4) is 0 Å². The zero-order chi connectivity index (χ0) is 16.9. The molecule has 0 saturated heterocycles. The molecule has 23 heavy (non-hydrogen) atoms. The first-order valence-electron chi connectivity index (χ1n) is 6.65. The average molecular weight is 401 g/mol. The second-order valence-electron chi connectivity index (χ2n) is 4.43. The van der Waals surface area contributed by atoms with Gasteiger partial charge in [0.25, 0.3) is 10.0 Å². The van der Waals surface area contributed by atoms with Crippen molar-refractivity contribution in [1.29, 1.82) is 0 Å². The van der Waals surface area contributed by atoms with E-state index in [4.69, 9.17) is 4.74 Å². The first kappa shape index (κ1) is 17.4. The Balaban J connectivity index is 2.09. The molecule has 1 N–H and O–H groups in total. The van der Waals surface area contributed by atoms with Gasteiger partial charge in [-0.3, -0.25) is 0 Å². The van der Waals surface area contributed by atoms with Crippen LogP contribution in [-0.2, 0) is 10.0 Å². The molecule has 2 aromatic carbocycles. The van der Waals surface area contributed by atoms with Crippen LogP contribution in [0.15, 0.2) is 56.9 Å². The second-order valence-corrected chi connectivity index (χ2v) is 6.94. The van der Waals surface area contributed by atoms with E-state index in [1.807, 2.05) is 6.92 Å². The highest BCUT2D eigenvalue weighted by atomic mass is 79.9. The summed E-state index contributed by atoms with van der Waals surface area (Å²) in [4.78, 5) is 2.01. The Morgan fingerprint density at radius 2 is 1.96 bits per heavy atom. The summed E-state index contributed by atoms with van der Waals surface area (Å²) in [7, 11) is -3.83. The molecule has 0 heterocycles. The maximum atomic E-state index is 12.8. The minimum absolute atomic E-state index is 0.0658. The van der Waals surface area contributed by atoms with Crippen LogP contribution in [0.25, 0.3) is 0 Å². The van der Waals surface area contributed by atoms with E-state index < -0.39 is 15.8 Å². The van der Waals surface area contributed by atoms with E-state index in [1.165, 1.54) is 18.3 Å². The largest absolute Gasteiger partial charge is 0.493 e. The molecule has 2 aromatic rings. The lowest BCUT2D eigenvalue weighted by atomic mass is 10.2. The maximum absolute atomic E-state index is 12.8. The molecule has 0 saturated carbocycles. The molecule has 5 nitrogen and oxygen atoms in total. The van der Waals surface area contributed by atoms with Gasteiger partial charge in [0.1, 0.15) is 11.6 Å². The molecule has 0 fully saturated rings. The van der Waals surface area contributed by atoms with Crippen molar-refractivity contribution in [3.63, 3.8) is 0 Å². The predicted octanol–water partition coefficient (Wildman–Crippen LogP) is 3.30. The first-order valence-corrected chi connectivity index (χ1v) is 8.93. The van der Waals surface area contributed by atoms with E-state index in [0.717, 1.165) is 16.6 Å². The number of ether oxygens (including phenoxy) is 1. The summed E-state index contributed by atoms with van der Waals surface area (Å²) in [6.45, 7) is 2.43. The van der Waals surface area contributed by atoms with Gasteiger partial charge in [-0.1, -0.05) is 0 Å². The summed E-state index contributed by atoms with van der Waals surface area (Å²) < 4.78 is 42.9. The maximum Gasteiger partial charge on any atom is 0.276 e. The minimum Gasteiger partial charge on any atom is -0.493 e. The van der Waals surface area contributed by atoms with Crippen LogP contribution < -0.4 is 9.57 Å². The van der Waals surface area contributed by atoms with Gasteiger partial charge >= 0.3 is 0 Å². The lowest BCUT2D eigenvalue weighted by Crippen LogP contribution is -2.18. The van der Waals surface area contributed by atoms with Crippen molar-refractivity contribution in [2.24, 2.45) is 5.10 Å². The smallest absolute Gasteiger partial charge is 0.276 e. The molecule has 0 aliphatic carbocycles. The predicted molar refractivity (Wildman–Crippen MR) is 89.6 cm³/mol. The van der Waals surface area contributed by atoms with Gasteiger partial charge in [0.2, 0.25) is 0 Å². The van der Waals surface area contributed by atoms with Crippen LogP contribution in [-0.4, -0.2) is 21.2 Å². The number of hydrazone groups is 1. The van der Waals surface area contributed by atoms with Gasteiger partial charge in [-0.05, 0) is 70.9 Å². The SMILES string of the molecule is CCOc1ccc(/C=N/NS(=O)(=O)c2ccc(F)cc2)cc1Br. The number of benzene rings is 2. The molecule has 0 atom stereocenters. The van der Waals surface area contributed by atoms with Crippen molar-refractivity contribution in [2.45, 2.75) is 11.8 Å². The van der Waals surface area contributed by atoms with Crippen LogP contribution in [0.4, 0.5) is 4.39 Å². The van der Waals surface area contributed by atoms with Crippen molar-refractivity contribution < 1.29 is 17.5 Å². The summed E-state index contributed by atoms with van der Waals surface area (Å²) >= 11 is 3.36. The Hall–Kier alpha value is -1.93. The van der Waals surface area contributed by atoms with Gasteiger partial charge in [0.05, 0.1) is 22.2 Å². The van der Waals surface area contributed by atoms with Gasteiger partial charge in [-0.2, -0.15) is 13.5 Å². The summed E-state index contributed by atoms with van der Waals surface area (Å²) in [5.41, 5.74) is 0.683. The van der Waals surface area contributed by atoms with Crippen molar-refractivity contribution in [3.05, 3.63) is 58.3 Å².